The number of amides is 1. The van der Waals surface area contributed by atoms with Gasteiger partial charge in [0.05, 0.1) is 18.2 Å². The molecule has 1 saturated heterocycles. The summed E-state index contributed by atoms with van der Waals surface area (Å²) in [6, 6.07) is 17.3. The van der Waals surface area contributed by atoms with E-state index >= 15 is 0 Å². The van der Waals surface area contributed by atoms with Gasteiger partial charge in [0.15, 0.2) is 4.34 Å². The summed E-state index contributed by atoms with van der Waals surface area (Å²) >= 11 is 2.34. The molecule has 11 heteroatoms. The second kappa shape index (κ2) is 13.3. The Morgan fingerprint density at radius 1 is 1.00 bits per heavy atom. The van der Waals surface area contributed by atoms with Gasteiger partial charge in [-0.1, -0.05) is 73.2 Å². The minimum Gasteiger partial charge on any atom is -0.507 e. The van der Waals surface area contributed by atoms with Crippen LogP contribution in [0.1, 0.15) is 48.9 Å². The van der Waals surface area contributed by atoms with E-state index in [-0.39, 0.29) is 22.1 Å². The number of aromatic nitrogens is 2. The second-order valence-corrected chi connectivity index (χ2v) is 11.7. The number of aliphatic hydroxyl groups excluding tert-OH is 1. The summed E-state index contributed by atoms with van der Waals surface area (Å²) in [5.74, 6) is -2.13. The standard InChI is InChI=1S/C31H27F2N3O4S2/c1-2-3-6-17-40-23-15-11-19(12-16-23)26-25(27(37)20-9-13-22(32)14-10-20)28(38)29(39)36(26)30-34-35-31(42-30)41-18-21-7-4-5-8-24(21)33/h4-5,7-16,26,37H,2-3,6,17-18H2,1H3/b27-25-. The van der Waals surface area contributed by atoms with E-state index in [9.17, 15) is 23.5 Å². The molecule has 216 valence electrons. The van der Waals surface area contributed by atoms with Crippen LogP contribution in [-0.2, 0) is 15.3 Å². The summed E-state index contributed by atoms with van der Waals surface area (Å²) in [5.41, 5.74) is 1.07. The van der Waals surface area contributed by atoms with Crippen molar-refractivity contribution < 1.29 is 28.2 Å². The number of anilines is 1. The van der Waals surface area contributed by atoms with E-state index in [4.69, 9.17) is 4.74 Å². The predicted molar refractivity (Wildman–Crippen MR) is 159 cm³/mol. The van der Waals surface area contributed by atoms with Crippen molar-refractivity contribution in [2.45, 2.75) is 42.3 Å². The molecule has 1 atom stereocenters. The Hall–Kier alpha value is -4.09. The first-order valence-electron chi connectivity index (χ1n) is 13.4. The topological polar surface area (TPSA) is 92.6 Å². The number of nitrogens with zero attached hydrogens (tertiary/aromatic N) is 3. The maximum absolute atomic E-state index is 14.1. The van der Waals surface area contributed by atoms with Crippen molar-refractivity contribution in [3.8, 4) is 5.75 Å². The number of carbonyl (C=O) groups is 2. The number of aliphatic hydroxyl groups is 1. The zero-order valence-electron chi connectivity index (χ0n) is 22.6. The van der Waals surface area contributed by atoms with Gasteiger partial charge in [-0.3, -0.25) is 14.5 Å². The molecule has 7 nitrogen and oxygen atoms in total. The number of ketones is 1. The Morgan fingerprint density at radius 3 is 2.45 bits per heavy atom. The van der Waals surface area contributed by atoms with E-state index < -0.39 is 29.3 Å². The van der Waals surface area contributed by atoms with Crippen LogP contribution in [0.4, 0.5) is 13.9 Å². The molecule has 42 heavy (non-hydrogen) atoms. The van der Waals surface area contributed by atoms with Gasteiger partial charge in [-0.2, -0.15) is 0 Å². The van der Waals surface area contributed by atoms with Crippen molar-refractivity contribution in [1.29, 1.82) is 0 Å². The highest BCUT2D eigenvalue weighted by atomic mass is 32.2. The van der Waals surface area contributed by atoms with Crippen LogP contribution in [0.25, 0.3) is 5.76 Å². The van der Waals surface area contributed by atoms with E-state index in [1.807, 2.05) is 0 Å². The lowest BCUT2D eigenvalue weighted by molar-refractivity contribution is -0.132. The molecular formula is C31H27F2N3O4S2. The summed E-state index contributed by atoms with van der Waals surface area (Å²) in [4.78, 5) is 28.0. The molecule has 1 aliphatic heterocycles. The predicted octanol–water partition coefficient (Wildman–Crippen LogP) is 7.30. The Kier molecular flexibility index (Phi) is 9.28. The minimum absolute atomic E-state index is 0.149. The third kappa shape index (κ3) is 6.37. The first-order valence-corrected chi connectivity index (χ1v) is 15.2. The number of hydrogen-bond donors (Lipinski definition) is 1. The number of halogens is 2. The van der Waals surface area contributed by atoms with Crippen LogP contribution in [0.5, 0.6) is 5.75 Å². The van der Waals surface area contributed by atoms with E-state index in [0.29, 0.717) is 33.6 Å². The Labute approximate surface area is 249 Å². The number of thioether (sulfide) groups is 1. The second-order valence-electron chi connectivity index (χ2n) is 9.53. The van der Waals surface area contributed by atoms with Gasteiger partial charge in [0.1, 0.15) is 23.1 Å². The van der Waals surface area contributed by atoms with Crippen molar-refractivity contribution >= 4 is 45.7 Å². The molecule has 2 heterocycles. The fourth-order valence-electron chi connectivity index (χ4n) is 4.51. The number of hydrogen-bond acceptors (Lipinski definition) is 8. The van der Waals surface area contributed by atoms with Crippen LogP contribution >= 0.6 is 23.1 Å². The molecule has 0 aliphatic carbocycles. The number of ether oxygens (including phenoxy) is 1. The van der Waals surface area contributed by atoms with Crippen molar-refractivity contribution in [2.24, 2.45) is 0 Å². The zero-order chi connectivity index (χ0) is 29.6. The molecule has 0 saturated carbocycles. The SMILES string of the molecule is CCCCCOc1ccc(C2/C(=C(/O)c3ccc(F)cc3)C(=O)C(=O)N2c2nnc(SCc3ccccc3F)s2)cc1. The summed E-state index contributed by atoms with van der Waals surface area (Å²) < 4.78 is 34.0. The van der Waals surface area contributed by atoms with Gasteiger partial charge in [-0.05, 0) is 60.0 Å². The number of benzene rings is 3. The molecular weight excluding hydrogens is 580 g/mol. The first-order chi connectivity index (χ1) is 20.4. The quantitative estimate of drug-likeness (QED) is 0.0478. The molecule has 1 amide bonds. The third-order valence-corrected chi connectivity index (χ3v) is 8.79. The lowest BCUT2D eigenvalue weighted by Gasteiger charge is -2.22. The lowest BCUT2D eigenvalue weighted by atomic mass is 9.95. The highest BCUT2D eigenvalue weighted by Gasteiger charge is 2.48. The minimum atomic E-state index is -1.03. The Bertz CT molecular complexity index is 1610. The molecule has 1 unspecified atom stereocenters. The van der Waals surface area contributed by atoms with Crippen LogP contribution < -0.4 is 9.64 Å². The Morgan fingerprint density at radius 2 is 1.74 bits per heavy atom. The molecule has 1 aliphatic rings. The molecule has 4 aromatic rings. The average molecular weight is 608 g/mol. The van der Waals surface area contributed by atoms with Gasteiger partial charge >= 0.3 is 5.91 Å². The molecule has 0 radical (unpaired) electrons. The normalized spacial score (nSPS) is 16.3. The molecule has 1 fully saturated rings. The van der Waals surface area contributed by atoms with Crippen molar-refractivity contribution in [3.05, 3.63) is 107 Å². The van der Waals surface area contributed by atoms with E-state index in [1.54, 1.807) is 42.5 Å². The largest absolute Gasteiger partial charge is 0.507 e. The monoisotopic (exact) mass is 607 g/mol. The molecule has 3 aromatic carbocycles. The fourth-order valence-corrected chi connectivity index (χ4v) is 6.36. The van der Waals surface area contributed by atoms with Crippen LogP contribution in [-0.4, -0.2) is 33.6 Å². The van der Waals surface area contributed by atoms with Crippen LogP contribution in [0.15, 0.2) is 82.7 Å². The van der Waals surface area contributed by atoms with Crippen molar-refractivity contribution in [1.82, 2.24) is 10.2 Å². The molecule has 1 aromatic heterocycles. The maximum Gasteiger partial charge on any atom is 0.301 e. The molecule has 0 spiro atoms. The summed E-state index contributed by atoms with van der Waals surface area (Å²) in [7, 11) is 0. The number of carbonyl (C=O) groups excluding carboxylic acids is 2. The Balaban J connectivity index is 1.49. The number of unbranched alkanes of at least 4 members (excludes halogenated alkanes) is 2. The summed E-state index contributed by atoms with van der Waals surface area (Å²) in [6.07, 6.45) is 3.05. The van der Waals surface area contributed by atoms with Crippen molar-refractivity contribution in [3.63, 3.8) is 0 Å². The van der Waals surface area contributed by atoms with Crippen LogP contribution in [0.2, 0.25) is 0 Å². The fraction of sp³-hybridized carbons (Fsp3) is 0.226. The highest BCUT2D eigenvalue weighted by Crippen LogP contribution is 2.44. The highest BCUT2D eigenvalue weighted by molar-refractivity contribution is 8.00. The average Bonchev–Trinajstić information content (AvgIpc) is 3.57. The molecule has 1 N–H and O–H groups in total. The maximum atomic E-state index is 14.1. The molecule has 5 rings (SSSR count). The van der Waals surface area contributed by atoms with Gasteiger partial charge in [-0.15, -0.1) is 10.2 Å². The van der Waals surface area contributed by atoms with Gasteiger partial charge in [0.25, 0.3) is 5.78 Å². The number of rotatable bonds is 11. The zero-order valence-corrected chi connectivity index (χ0v) is 24.3. The summed E-state index contributed by atoms with van der Waals surface area (Å²) in [5, 5.41) is 19.7. The van der Waals surface area contributed by atoms with Gasteiger partial charge < -0.3 is 9.84 Å². The van der Waals surface area contributed by atoms with Crippen LogP contribution in [0, 0.1) is 11.6 Å². The lowest BCUT2D eigenvalue weighted by Crippen LogP contribution is -2.29. The third-order valence-electron chi connectivity index (χ3n) is 6.69. The van der Waals surface area contributed by atoms with Crippen LogP contribution in [0.3, 0.4) is 0 Å². The summed E-state index contributed by atoms with van der Waals surface area (Å²) in [6.45, 7) is 2.67. The van der Waals surface area contributed by atoms with Gasteiger partial charge in [0, 0.05) is 11.3 Å². The van der Waals surface area contributed by atoms with E-state index in [1.165, 1.54) is 34.9 Å². The first kappa shape index (κ1) is 29.4. The van der Waals surface area contributed by atoms with Crippen molar-refractivity contribution in [2.75, 3.05) is 11.5 Å². The van der Waals surface area contributed by atoms with Gasteiger partial charge in [-0.25, -0.2) is 8.78 Å². The van der Waals surface area contributed by atoms with E-state index in [2.05, 4.69) is 17.1 Å². The smallest absolute Gasteiger partial charge is 0.301 e. The molecule has 0 bridgehead atoms. The number of Topliss-reactive ketones (excluding diaryl/α,β-unsaturated/α-hetero) is 1. The van der Waals surface area contributed by atoms with E-state index in [0.717, 1.165) is 42.7 Å². The van der Waals surface area contributed by atoms with Gasteiger partial charge in [0.2, 0.25) is 5.13 Å².